The SMILES string of the molecule is C=CCNCC(C)OCCC(C)C. The fraction of sp³-hybridized carbons (Fsp3) is 0.818. The molecule has 0 amide bonds. The highest BCUT2D eigenvalue weighted by Crippen LogP contribution is 2.00. The van der Waals surface area contributed by atoms with Crippen LogP contribution in [0.3, 0.4) is 0 Å². The molecule has 0 bridgehead atoms. The largest absolute Gasteiger partial charge is 0.377 e. The van der Waals surface area contributed by atoms with Crippen LogP contribution in [0.15, 0.2) is 12.7 Å². The van der Waals surface area contributed by atoms with Crippen LogP contribution in [-0.4, -0.2) is 25.8 Å². The van der Waals surface area contributed by atoms with Crippen LogP contribution in [0.5, 0.6) is 0 Å². The van der Waals surface area contributed by atoms with Gasteiger partial charge in [0.1, 0.15) is 0 Å². The van der Waals surface area contributed by atoms with Crippen LogP contribution >= 0.6 is 0 Å². The summed E-state index contributed by atoms with van der Waals surface area (Å²) < 4.78 is 5.60. The summed E-state index contributed by atoms with van der Waals surface area (Å²) in [5, 5.41) is 3.23. The first-order valence-electron chi connectivity index (χ1n) is 5.10. The standard InChI is InChI=1S/C11H23NO/c1-5-7-12-9-11(4)13-8-6-10(2)3/h5,10-12H,1,6-9H2,2-4H3. The van der Waals surface area contributed by atoms with Gasteiger partial charge in [0, 0.05) is 19.7 Å². The minimum Gasteiger partial charge on any atom is -0.377 e. The molecule has 0 saturated heterocycles. The molecule has 0 spiro atoms. The van der Waals surface area contributed by atoms with Gasteiger partial charge in [-0.15, -0.1) is 6.58 Å². The maximum atomic E-state index is 5.60. The van der Waals surface area contributed by atoms with Crippen molar-refractivity contribution in [2.24, 2.45) is 5.92 Å². The van der Waals surface area contributed by atoms with Crippen LogP contribution in [0.25, 0.3) is 0 Å². The maximum absolute atomic E-state index is 5.60. The number of hydrogen-bond donors (Lipinski definition) is 1. The second-order valence-corrected chi connectivity index (χ2v) is 3.81. The molecule has 0 aromatic heterocycles. The molecule has 0 rings (SSSR count). The minimum absolute atomic E-state index is 0.304. The normalized spacial score (nSPS) is 13.2. The van der Waals surface area contributed by atoms with Crippen molar-refractivity contribution in [2.45, 2.75) is 33.3 Å². The Morgan fingerprint density at radius 2 is 2.08 bits per heavy atom. The van der Waals surface area contributed by atoms with E-state index < -0.39 is 0 Å². The molecule has 1 atom stereocenters. The molecule has 0 aromatic carbocycles. The van der Waals surface area contributed by atoms with Crippen molar-refractivity contribution in [3.8, 4) is 0 Å². The third-order valence-electron chi connectivity index (χ3n) is 1.82. The summed E-state index contributed by atoms with van der Waals surface area (Å²) in [7, 11) is 0. The van der Waals surface area contributed by atoms with E-state index in [2.05, 4.69) is 32.7 Å². The van der Waals surface area contributed by atoms with E-state index in [0.717, 1.165) is 32.0 Å². The van der Waals surface area contributed by atoms with Gasteiger partial charge < -0.3 is 10.1 Å². The van der Waals surface area contributed by atoms with Crippen LogP contribution in [0.2, 0.25) is 0 Å². The molecule has 1 N–H and O–H groups in total. The van der Waals surface area contributed by atoms with Crippen molar-refractivity contribution in [1.29, 1.82) is 0 Å². The lowest BCUT2D eigenvalue weighted by atomic mass is 10.1. The second-order valence-electron chi connectivity index (χ2n) is 3.81. The van der Waals surface area contributed by atoms with Crippen LogP contribution in [0.1, 0.15) is 27.2 Å². The van der Waals surface area contributed by atoms with Crippen molar-refractivity contribution in [3.63, 3.8) is 0 Å². The fourth-order valence-corrected chi connectivity index (χ4v) is 0.953. The zero-order valence-electron chi connectivity index (χ0n) is 9.18. The molecule has 1 unspecified atom stereocenters. The van der Waals surface area contributed by atoms with Gasteiger partial charge in [-0.3, -0.25) is 0 Å². The summed E-state index contributed by atoms with van der Waals surface area (Å²) in [5.74, 6) is 0.730. The highest BCUT2D eigenvalue weighted by atomic mass is 16.5. The minimum atomic E-state index is 0.304. The first-order valence-corrected chi connectivity index (χ1v) is 5.10. The number of ether oxygens (including phenoxy) is 1. The average molecular weight is 185 g/mol. The van der Waals surface area contributed by atoms with E-state index >= 15 is 0 Å². The Morgan fingerprint density at radius 1 is 1.38 bits per heavy atom. The first-order chi connectivity index (χ1) is 6.16. The number of rotatable bonds is 8. The second kappa shape index (κ2) is 8.27. The van der Waals surface area contributed by atoms with Crippen molar-refractivity contribution >= 4 is 0 Å². The summed E-state index contributed by atoms with van der Waals surface area (Å²) >= 11 is 0. The molecule has 78 valence electrons. The molecular formula is C11H23NO. The Kier molecular flexibility index (Phi) is 8.05. The van der Waals surface area contributed by atoms with Gasteiger partial charge in [-0.05, 0) is 19.3 Å². The van der Waals surface area contributed by atoms with Crippen molar-refractivity contribution in [1.82, 2.24) is 5.32 Å². The molecule has 2 heteroatoms. The van der Waals surface area contributed by atoms with Gasteiger partial charge in [-0.25, -0.2) is 0 Å². The zero-order valence-corrected chi connectivity index (χ0v) is 9.18. The summed E-state index contributed by atoms with van der Waals surface area (Å²) in [6.07, 6.45) is 3.31. The van der Waals surface area contributed by atoms with Crippen LogP contribution in [0, 0.1) is 5.92 Å². The summed E-state index contributed by atoms with van der Waals surface area (Å²) in [5.41, 5.74) is 0. The van der Waals surface area contributed by atoms with E-state index in [4.69, 9.17) is 4.74 Å². The van der Waals surface area contributed by atoms with Gasteiger partial charge >= 0.3 is 0 Å². The number of nitrogens with one attached hydrogen (secondary N) is 1. The van der Waals surface area contributed by atoms with E-state index in [1.54, 1.807) is 0 Å². The molecule has 0 aliphatic carbocycles. The molecule has 0 aliphatic rings. The van der Waals surface area contributed by atoms with Gasteiger partial charge in [0.2, 0.25) is 0 Å². The highest BCUT2D eigenvalue weighted by Gasteiger charge is 2.01. The molecule has 0 radical (unpaired) electrons. The first kappa shape index (κ1) is 12.7. The Bertz CT molecular complexity index is 123. The Morgan fingerprint density at radius 3 is 2.62 bits per heavy atom. The lowest BCUT2D eigenvalue weighted by molar-refractivity contribution is 0.0594. The lowest BCUT2D eigenvalue weighted by Crippen LogP contribution is -2.27. The summed E-state index contributed by atoms with van der Waals surface area (Å²) in [4.78, 5) is 0. The number of hydrogen-bond acceptors (Lipinski definition) is 2. The molecule has 0 aromatic rings. The van der Waals surface area contributed by atoms with E-state index in [9.17, 15) is 0 Å². The van der Waals surface area contributed by atoms with Crippen molar-refractivity contribution < 1.29 is 4.74 Å². The molecule has 0 aliphatic heterocycles. The lowest BCUT2D eigenvalue weighted by Gasteiger charge is -2.14. The predicted molar refractivity (Wildman–Crippen MR) is 57.9 cm³/mol. The summed E-state index contributed by atoms with van der Waals surface area (Å²) in [6, 6.07) is 0. The molecule has 0 heterocycles. The van der Waals surface area contributed by atoms with Crippen LogP contribution < -0.4 is 5.32 Å². The zero-order chi connectivity index (χ0) is 10.1. The predicted octanol–water partition coefficient (Wildman–Crippen LogP) is 2.21. The van der Waals surface area contributed by atoms with Gasteiger partial charge in [-0.2, -0.15) is 0 Å². The molecule has 2 nitrogen and oxygen atoms in total. The van der Waals surface area contributed by atoms with Crippen molar-refractivity contribution in [2.75, 3.05) is 19.7 Å². The third-order valence-corrected chi connectivity index (χ3v) is 1.82. The molecule has 0 saturated carbocycles. The van der Waals surface area contributed by atoms with Crippen LogP contribution in [-0.2, 0) is 4.74 Å². The van der Waals surface area contributed by atoms with Crippen molar-refractivity contribution in [3.05, 3.63) is 12.7 Å². The Labute approximate surface area is 82.4 Å². The topological polar surface area (TPSA) is 21.3 Å². The van der Waals surface area contributed by atoms with Gasteiger partial charge in [0.15, 0.2) is 0 Å². The monoisotopic (exact) mass is 185 g/mol. The van der Waals surface area contributed by atoms with E-state index in [-0.39, 0.29) is 0 Å². The van der Waals surface area contributed by atoms with Crippen LogP contribution in [0.4, 0.5) is 0 Å². The average Bonchev–Trinajstić information content (AvgIpc) is 2.04. The third kappa shape index (κ3) is 9.57. The molecular weight excluding hydrogens is 162 g/mol. The summed E-state index contributed by atoms with van der Waals surface area (Å²) in [6.45, 7) is 12.8. The Hall–Kier alpha value is -0.340. The van der Waals surface area contributed by atoms with Gasteiger partial charge in [-0.1, -0.05) is 19.9 Å². The van der Waals surface area contributed by atoms with E-state index in [1.165, 1.54) is 0 Å². The Balaban J connectivity index is 3.19. The maximum Gasteiger partial charge on any atom is 0.0671 e. The van der Waals surface area contributed by atoms with E-state index in [0.29, 0.717) is 6.10 Å². The van der Waals surface area contributed by atoms with E-state index in [1.807, 2.05) is 6.08 Å². The quantitative estimate of drug-likeness (QED) is 0.462. The fourth-order valence-electron chi connectivity index (χ4n) is 0.953. The molecule has 0 fully saturated rings. The smallest absolute Gasteiger partial charge is 0.0671 e. The highest BCUT2D eigenvalue weighted by molar-refractivity contribution is 4.70. The van der Waals surface area contributed by atoms with Gasteiger partial charge in [0.05, 0.1) is 6.10 Å². The van der Waals surface area contributed by atoms with Gasteiger partial charge in [0.25, 0.3) is 0 Å². The molecule has 13 heavy (non-hydrogen) atoms.